The summed E-state index contributed by atoms with van der Waals surface area (Å²) in [7, 11) is 0. The van der Waals surface area contributed by atoms with E-state index in [0.717, 1.165) is 16.3 Å². The predicted octanol–water partition coefficient (Wildman–Crippen LogP) is 4.15. The van der Waals surface area contributed by atoms with Gasteiger partial charge in [0.05, 0.1) is 18.3 Å². The molecule has 0 aliphatic carbocycles. The molecule has 3 rings (SSSR count). The smallest absolute Gasteiger partial charge is 0.278 e. The first-order valence-electron chi connectivity index (χ1n) is 9.77. The Hall–Kier alpha value is -2.64. The number of ether oxygens (including phenoxy) is 2. The zero-order valence-electron chi connectivity index (χ0n) is 16.9. The average Bonchev–Trinajstić information content (AvgIpc) is 3.29. The number of hydrogen-bond donors (Lipinski definition) is 1. The molecular formula is C22H26N2O4S. The first kappa shape index (κ1) is 21.1. The van der Waals surface area contributed by atoms with E-state index in [1.165, 1.54) is 16.2 Å². The molecule has 0 radical (unpaired) electrons. The minimum Gasteiger partial charge on any atom is -0.494 e. The first-order valence-corrected chi connectivity index (χ1v) is 10.6. The van der Waals surface area contributed by atoms with Gasteiger partial charge in [0, 0.05) is 23.7 Å². The van der Waals surface area contributed by atoms with E-state index in [2.05, 4.69) is 5.32 Å². The number of imide groups is 1. The molecule has 0 spiro atoms. The third kappa shape index (κ3) is 5.05. The minimum atomic E-state index is -0.308. The summed E-state index contributed by atoms with van der Waals surface area (Å²) in [5.41, 5.74) is 1.46. The van der Waals surface area contributed by atoms with Crippen LogP contribution in [0.1, 0.15) is 32.1 Å². The number of anilines is 1. The van der Waals surface area contributed by atoms with Gasteiger partial charge in [0.15, 0.2) is 0 Å². The van der Waals surface area contributed by atoms with Crippen LogP contribution in [0.3, 0.4) is 0 Å². The highest BCUT2D eigenvalue weighted by molar-refractivity contribution is 7.11. The Balaban J connectivity index is 1.80. The van der Waals surface area contributed by atoms with Crippen LogP contribution in [0.4, 0.5) is 5.69 Å². The fraction of sp³-hybridized carbons (Fsp3) is 0.364. The van der Waals surface area contributed by atoms with Gasteiger partial charge in [0.1, 0.15) is 11.4 Å². The van der Waals surface area contributed by atoms with Crippen molar-refractivity contribution in [2.45, 2.75) is 33.3 Å². The quantitative estimate of drug-likeness (QED) is 0.467. The van der Waals surface area contributed by atoms with Gasteiger partial charge in [-0.2, -0.15) is 0 Å². The summed E-state index contributed by atoms with van der Waals surface area (Å²) >= 11 is 1.44. The Bertz CT molecular complexity index is 873. The number of carbonyl (C=O) groups excluding carboxylic acids is 2. The van der Waals surface area contributed by atoms with E-state index in [-0.39, 0.29) is 17.9 Å². The van der Waals surface area contributed by atoms with Crippen LogP contribution in [0, 0.1) is 0 Å². The molecule has 0 unspecified atom stereocenters. The average molecular weight is 415 g/mol. The fourth-order valence-corrected chi connectivity index (χ4v) is 3.80. The van der Waals surface area contributed by atoms with Crippen LogP contribution < -0.4 is 10.1 Å². The summed E-state index contributed by atoms with van der Waals surface area (Å²) in [5.74, 6) is 0.179. The number of benzene rings is 1. The van der Waals surface area contributed by atoms with Gasteiger partial charge in [0.2, 0.25) is 0 Å². The maximum absolute atomic E-state index is 13.0. The van der Waals surface area contributed by atoms with Crippen LogP contribution in [-0.4, -0.2) is 42.6 Å². The molecule has 1 N–H and O–H groups in total. The van der Waals surface area contributed by atoms with E-state index in [1.54, 1.807) is 0 Å². The first-order chi connectivity index (χ1) is 14.0. The van der Waals surface area contributed by atoms with Crippen LogP contribution in [0.5, 0.6) is 5.75 Å². The lowest BCUT2D eigenvalue weighted by Gasteiger charge is -2.16. The van der Waals surface area contributed by atoms with Crippen molar-refractivity contribution in [1.82, 2.24) is 4.90 Å². The molecule has 1 aliphatic rings. The van der Waals surface area contributed by atoms with Crippen LogP contribution in [-0.2, 0) is 14.3 Å². The van der Waals surface area contributed by atoms with Crippen molar-refractivity contribution in [2.75, 3.05) is 25.1 Å². The number of thiophene rings is 1. The fourth-order valence-electron chi connectivity index (χ4n) is 3.03. The lowest BCUT2D eigenvalue weighted by molar-refractivity contribution is -0.137. The third-order valence-electron chi connectivity index (χ3n) is 4.35. The zero-order chi connectivity index (χ0) is 20.8. The van der Waals surface area contributed by atoms with Gasteiger partial charge >= 0.3 is 0 Å². The van der Waals surface area contributed by atoms with Gasteiger partial charge in [0.25, 0.3) is 11.8 Å². The van der Waals surface area contributed by atoms with Crippen molar-refractivity contribution in [1.29, 1.82) is 0 Å². The highest BCUT2D eigenvalue weighted by Crippen LogP contribution is 2.33. The van der Waals surface area contributed by atoms with E-state index in [4.69, 9.17) is 9.47 Å². The van der Waals surface area contributed by atoms with E-state index >= 15 is 0 Å². The van der Waals surface area contributed by atoms with Crippen molar-refractivity contribution in [3.8, 4) is 5.75 Å². The molecule has 154 valence electrons. The standard InChI is InChI=1S/C22H26N2O4S/c1-4-27-17-10-8-16(9-11-17)23-20-19(18-7-5-14-29-18)21(25)24(22(20)26)12-6-13-28-15(2)3/h5,7-11,14-15,23H,4,6,12-13H2,1-3H3. The summed E-state index contributed by atoms with van der Waals surface area (Å²) < 4.78 is 11.0. The lowest BCUT2D eigenvalue weighted by Crippen LogP contribution is -2.34. The number of nitrogens with zero attached hydrogens (tertiary/aromatic N) is 1. The number of carbonyl (C=O) groups is 2. The minimum absolute atomic E-state index is 0.122. The molecule has 29 heavy (non-hydrogen) atoms. The summed E-state index contributed by atoms with van der Waals surface area (Å²) in [6, 6.07) is 11.1. The normalized spacial score (nSPS) is 14.3. The molecule has 7 heteroatoms. The molecule has 1 aromatic heterocycles. The molecule has 0 bridgehead atoms. The van der Waals surface area contributed by atoms with E-state index in [1.807, 2.05) is 62.5 Å². The van der Waals surface area contributed by atoms with E-state index in [0.29, 0.717) is 37.4 Å². The van der Waals surface area contributed by atoms with Gasteiger partial charge in [-0.05, 0) is 62.9 Å². The Morgan fingerprint density at radius 2 is 1.86 bits per heavy atom. The third-order valence-corrected chi connectivity index (χ3v) is 5.23. The Kier molecular flexibility index (Phi) is 7.06. The van der Waals surface area contributed by atoms with Gasteiger partial charge in [-0.1, -0.05) is 6.07 Å². The number of hydrogen-bond acceptors (Lipinski definition) is 6. The second kappa shape index (κ2) is 9.71. The SMILES string of the molecule is CCOc1ccc(NC2=C(c3cccs3)C(=O)N(CCCOC(C)C)C2=O)cc1. The molecule has 2 heterocycles. The molecule has 2 amide bonds. The predicted molar refractivity (Wildman–Crippen MR) is 115 cm³/mol. The summed E-state index contributed by atoms with van der Waals surface area (Å²) in [5, 5.41) is 5.05. The molecule has 2 aromatic rings. The van der Waals surface area contributed by atoms with Gasteiger partial charge < -0.3 is 14.8 Å². The molecule has 0 fully saturated rings. The molecule has 0 saturated heterocycles. The van der Waals surface area contributed by atoms with Crippen LogP contribution in [0.2, 0.25) is 0 Å². The Labute approximate surface area is 175 Å². The molecular weight excluding hydrogens is 388 g/mol. The number of amides is 2. The Morgan fingerprint density at radius 3 is 2.48 bits per heavy atom. The van der Waals surface area contributed by atoms with E-state index in [9.17, 15) is 9.59 Å². The topological polar surface area (TPSA) is 67.9 Å². The number of nitrogens with one attached hydrogen (secondary N) is 1. The van der Waals surface area contributed by atoms with Crippen molar-refractivity contribution < 1.29 is 19.1 Å². The van der Waals surface area contributed by atoms with Crippen LogP contribution in [0.15, 0.2) is 47.5 Å². The van der Waals surface area contributed by atoms with Crippen molar-refractivity contribution in [2.24, 2.45) is 0 Å². The van der Waals surface area contributed by atoms with Gasteiger partial charge in [-0.15, -0.1) is 11.3 Å². The van der Waals surface area contributed by atoms with Crippen LogP contribution in [0.25, 0.3) is 5.57 Å². The second-order valence-electron chi connectivity index (χ2n) is 6.84. The van der Waals surface area contributed by atoms with Crippen LogP contribution >= 0.6 is 11.3 Å². The van der Waals surface area contributed by atoms with Crippen molar-refractivity contribution in [3.63, 3.8) is 0 Å². The van der Waals surface area contributed by atoms with Crippen molar-refractivity contribution >= 4 is 34.4 Å². The monoisotopic (exact) mass is 414 g/mol. The molecule has 1 aliphatic heterocycles. The number of rotatable bonds is 10. The Morgan fingerprint density at radius 1 is 1.10 bits per heavy atom. The maximum Gasteiger partial charge on any atom is 0.278 e. The van der Waals surface area contributed by atoms with Gasteiger partial charge in [-0.3, -0.25) is 14.5 Å². The van der Waals surface area contributed by atoms with Gasteiger partial charge in [-0.25, -0.2) is 0 Å². The largest absolute Gasteiger partial charge is 0.494 e. The maximum atomic E-state index is 13.0. The lowest BCUT2D eigenvalue weighted by atomic mass is 10.2. The summed E-state index contributed by atoms with van der Waals surface area (Å²) in [6.07, 6.45) is 0.723. The summed E-state index contributed by atoms with van der Waals surface area (Å²) in [6.45, 7) is 7.26. The zero-order valence-corrected chi connectivity index (χ0v) is 17.8. The molecule has 1 aromatic carbocycles. The van der Waals surface area contributed by atoms with E-state index < -0.39 is 0 Å². The molecule has 0 saturated carbocycles. The second-order valence-corrected chi connectivity index (χ2v) is 7.79. The highest BCUT2D eigenvalue weighted by atomic mass is 32.1. The van der Waals surface area contributed by atoms with Crippen molar-refractivity contribution in [3.05, 3.63) is 52.4 Å². The molecule has 6 nitrogen and oxygen atoms in total. The molecule has 0 atom stereocenters. The highest BCUT2D eigenvalue weighted by Gasteiger charge is 2.39. The summed E-state index contributed by atoms with van der Waals surface area (Å²) in [4.78, 5) is 28.2.